The molecule has 3 rings (SSSR count). The van der Waals surface area contributed by atoms with Crippen molar-refractivity contribution >= 4 is 11.0 Å². The van der Waals surface area contributed by atoms with Gasteiger partial charge in [0.15, 0.2) is 23.1 Å². The summed E-state index contributed by atoms with van der Waals surface area (Å²) in [5.41, 5.74) is 1.34. The molecular formula is C22H28O10. The van der Waals surface area contributed by atoms with E-state index < -0.39 is 37.3 Å². The molecule has 1 aromatic carbocycles. The molecule has 32 heavy (non-hydrogen) atoms. The van der Waals surface area contributed by atoms with Crippen LogP contribution in [-0.4, -0.2) is 76.6 Å². The first-order chi connectivity index (χ1) is 15.2. The number of aliphatic hydroxyl groups excluding tert-OH is 4. The smallest absolute Gasteiger partial charge is 0.195 e. The maximum absolute atomic E-state index is 12.3. The van der Waals surface area contributed by atoms with Gasteiger partial charge in [0, 0.05) is 11.1 Å². The van der Waals surface area contributed by atoms with Gasteiger partial charge >= 0.3 is 0 Å². The minimum atomic E-state index is -1.52. The summed E-state index contributed by atoms with van der Waals surface area (Å²) in [4.78, 5) is 12.3. The van der Waals surface area contributed by atoms with Crippen LogP contribution in [0.2, 0.25) is 0 Å². The lowest BCUT2D eigenvalue weighted by Gasteiger charge is -2.39. The van der Waals surface area contributed by atoms with E-state index in [1.54, 1.807) is 19.9 Å². The predicted molar refractivity (Wildman–Crippen MR) is 113 cm³/mol. The molecule has 0 radical (unpaired) electrons. The predicted octanol–water partition coefficient (Wildman–Crippen LogP) is 0.121. The third-order valence-electron chi connectivity index (χ3n) is 5.47. The lowest BCUT2D eigenvalue weighted by atomic mass is 9.99. The van der Waals surface area contributed by atoms with Gasteiger partial charge in [0.1, 0.15) is 30.2 Å². The van der Waals surface area contributed by atoms with E-state index in [4.69, 9.17) is 18.6 Å². The minimum absolute atomic E-state index is 0.00757. The molecule has 176 valence electrons. The molecule has 0 saturated carbocycles. The number of methoxy groups -OCH3 is 1. The van der Waals surface area contributed by atoms with E-state index in [2.05, 4.69) is 0 Å². The van der Waals surface area contributed by atoms with Gasteiger partial charge in [0.25, 0.3) is 0 Å². The van der Waals surface area contributed by atoms with Gasteiger partial charge in [-0.05, 0) is 26.3 Å². The summed E-state index contributed by atoms with van der Waals surface area (Å²) < 4.78 is 21.6. The van der Waals surface area contributed by atoms with Gasteiger partial charge < -0.3 is 44.2 Å². The van der Waals surface area contributed by atoms with Crippen molar-refractivity contribution in [3.63, 3.8) is 0 Å². The second kappa shape index (κ2) is 9.99. The fourth-order valence-electron chi connectivity index (χ4n) is 3.50. The maximum atomic E-state index is 12.3. The van der Waals surface area contributed by atoms with Crippen LogP contribution in [0.1, 0.15) is 18.1 Å². The fourth-order valence-corrected chi connectivity index (χ4v) is 3.50. The van der Waals surface area contributed by atoms with Gasteiger partial charge in [0.05, 0.1) is 32.0 Å². The Morgan fingerprint density at radius 1 is 1.22 bits per heavy atom. The molecule has 0 spiro atoms. The topological polar surface area (TPSA) is 159 Å². The Balaban J connectivity index is 1.75. The van der Waals surface area contributed by atoms with Crippen LogP contribution in [0.15, 0.2) is 33.2 Å². The SMILES string of the molecule is COc1cc2c(=O)c(C)coc2c(O)c1CC=C(C)COC1OC(CO)C(O)C(O)C1O. The number of phenols is 1. The summed E-state index contributed by atoms with van der Waals surface area (Å²) in [6, 6.07) is 1.52. The summed E-state index contributed by atoms with van der Waals surface area (Å²) >= 11 is 0. The average molecular weight is 452 g/mol. The van der Waals surface area contributed by atoms with Gasteiger partial charge in [-0.15, -0.1) is 0 Å². The van der Waals surface area contributed by atoms with Crippen molar-refractivity contribution in [2.75, 3.05) is 20.3 Å². The van der Waals surface area contributed by atoms with Crippen LogP contribution in [0.3, 0.4) is 0 Å². The van der Waals surface area contributed by atoms with Gasteiger partial charge in [-0.3, -0.25) is 4.79 Å². The molecule has 1 saturated heterocycles. The second-order valence-corrected chi connectivity index (χ2v) is 7.79. The molecular weight excluding hydrogens is 424 g/mol. The van der Waals surface area contributed by atoms with Gasteiger partial charge in [-0.25, -0.2) is 0 Å². The van der Waals surface area contributed by atoms with Gasteiger partial charge in [-0.2, -0.15) is 0 Å². The van der Waals surface area contributed by atoms with Crippen molar-refractivity contribution in [2.24, 2.45) is 0 Å². The summed E-state index contributed by atoms with van der Waals surface area (Å²) in [5, 5.41) is 49.8. The van der Waals surface area contributed by atoms with Crippen LogP contribution < -0.4 is 10.2 Å². The first-order valence-electron chi connectivity index (χ1n) is 10.1. The zero-order valence-electron chi connectivity index (χ0n) is 18.0. The normalized spacial score (nSPS) is 26.5. The second-order valence-electron chi connectivity index (χ2n) is 7.79. The van der Waals surface area contributed by atoms with E-state index in [9.17, 15) is 30.3 Å². The molecule has 0 bridgehead atoms. The van der Waals surface area contributed by atoms with Crippen LogP contribution in [0, 0.1) is 6.92 Å². The Morgan fingerprint density at radius 2 is 1.94 bits per heavy atom. The highest BCUT2D eigenvalue weighted by Gasteiger charge is 2.43. The number of hydrogen-bond acceptors (Lipinski definition) is 10. The summed E-state index contributed by atoms with van der Waals surface area (Å²) in [5.74, 6) is 0.127. The molecule has 10 heteroatoms. The van der Waals surface area contributed by atoms with Crippen molar-refractivity contribution in [1.29, 1.82) is 0 Å². The molecule has 2 aromatic rings. The van der Waals surface area contributed by atoms with Crippen LogP contribution in [0.5, 0.6) is 11.5 Å². The molecule has 5 atom stereocenters. The lowest BCUT2D eigenvalue weighted by Crippen LogP contribution is -2.59. The number of aryl methyl sites for hydroxylation is 1. The molecule has 0 aliphatic carbocycles. The number of hydrogen-bond donors (Lipinski definition) is 5. The molecule has 2 heterocycles. The number of allylic oxidation sites excluding steroid dienone is 1. The Hall–Kier alpha value is -2.47. The van der Waals surface area contributed by atoms with Crippen molar-refractivity contribution in [3.05, 3.63) is 45.3 Å². The first kappa shape index (κ1) is 24.2. The third kappa shape index (κ3) is 4.65. The van der Waals surface area contributed by atoms with E-state index in [0.29, 0.717) is 22.4 Å². The van der Waals surface area contributed by atoms with E-state index in [1.165, 1.54) is 19.4 Å². The van der Waals surface area contributed by atoms with Crippen molar-refractivity contribution in [1.82, 2.24) is 0 Å². The molecule has 0 amide bonds. The zero-order chi connectivity index (χ0) is 23.6. The largest absolute Gasteiger partial charge is 0.504 e. The number of benzene rings is 1. The molecule has 5 unspecified atom stereocenters. The van der Waals surface area contributed by atoms with Crippen LogP contribution in [0.25, 0.3) is 11.0 Å². The Morgan fingerprint density at radius 3 is 2.59 bits per heavy atom. The molecule has 1 aliphatic heterocycles. The molecule has 1 fully saturated rings. The number of rotatable bonds is 7. The van der Waals surface area contributed by atoms with Crippen molar-refractivity contribution in [3.8, 4) is 11.5 Å². The highest BCUT2D eigenvalue weighted by Crippen LogP contribution is 2.36. The number of aromatic hydroxyl groups is 1. The van der Waals surface area contributed by atoms with Crippen LogP contribution in [0.4, 0.5) is 0 Å². The average Bonchev–Trinajstić information content (AvgIpc) is 2.78. The zero-order valence-corrected chi connectivity index (χ0v) is 18.0. The Bertz CT molecular complexity index is 1040. The highest BCUT2D eigenvalue weighted by atomic mass is 16.7. The third-order valence-corrected chi connectivity index (χ3v) is 5.47. The van der Waals surface area contributed by atoms with E-state index in [0.717, 1.165) is 0 Å². The minimum Gasteiger partial charge on any atom is -0.504 e. The standard InChI is InChI=1S/C22H28O10/c1-10(8-31-22-20(28)19(27)18(26)15(7-23)32-22)4-5-12-14(29-3)6-13-16(24)11(2)9-30-21(13)17(12)25/h4,6,9,15,18-20,22-23,25-28H,5,7-8H2,1-3H3. The lowest BCUT2D eigenvalue weighted by molar-refractivity contribution is -0.299. The first-order valence-corrected chi connectivity index (χ1v) is 10.1. The van der Waals surface area contributed by atoms with E-state index in [1.807, 2.05) is 0 Å². The molecule has 5 N–H and O–H groups in total. The number of aliphatic hydroxyl groups is 4. The summed E-state index contributed by atoms with van der Waals surface area (Å²) in [6.07, 6.45) is -3.50. The summed E-state index contributed by atoms with van der Waals surface area (Å²) in [7, 11) is 1.43. The number of phenolic OH excluding ortho intramolecular Hbond substituents is 1. The number of ether oxygens (including phenoxy) is 3. The number of fused-ring (bicyclic) bond motifs is 1. The van der Waals surface area contributed by atoms with Gasteiger partial charge in [-0.1, -0.05) is 11.6 Å². The van der Waals surface area contributed by atoms with Crippen LogP contribution in [-0.2, 0) is 15.9 Å². The Kier molecular flexibility index (Phi) is 7.55. The quantitative estimate of drug-likeness (QED) is 0.365. The monoisotopic (exact) mass is 452 g/mol. The van der Waals surface area contributed by atoms with Gasteiger partial charge in [0.2, 0.25) is 0 Å². The fraction of sp³-hybridized carbons (Fsp3) is 0.500. The van der Waals surface area contributed by atoms with Crippen molar-refractivity contribution < 1.29 is 44.2 Å². The van der Waals surface area contributed by atoms with Crippen molar-refractivity contribution in [2.45, 2.75) is 51.0 Å². The van der Waals surface area contributed by atoms with E-state index >= 15 is 0 Å². The molecule has 10 nitrogen and oxygen atoms in total. The highest BCUT2D eigenvalue weighted by molar-refractivity contribution is 5.86. The molecule has 1 aromatic heterocycles. The van der Waals surface area contributed by atoms with Crippen LogP contribution >= 0.6 is 0 Å². The summed E-state index contributed by atoms with van der Waals surface area (Å²) in [6.45, 7) is 2.83. The van der Waals surface area contributed by atoms with E-state index in [-0.39, 0.29) is 35.2 Å². The Labute approximate surface area is 183 Å². The molecule has 1 aliphatic rings. The maximum Gasteiger partial charge on any atom is 0.195 e.